The number of aryl methyl sites for hydroxylation is 1. The Morgan fingerprint density at radius 3 is 2.73 bits per heavy atom. The lowest BCUT2D eigenvalue weighted by atomic mass is 10.00. The molecule has 26 heavy (non-hydrogen) atoms. The molecule has 3 aromatic heterocycles. The molecule has 3 aromatic rings. The summed E-state index contributed by atoms with van der Waals surface area (Å²) in [5.74, 6) is -0.413. The quantitative estimate of drug-likeness (QED) is 0.566. The van der Waals surface area contributed by atoms with Crippen molar-refractivity contribution in [1.82, 2.24) is 14.6 Å². The SMILES string of the molecule is CCOC(=O)c1c(COC)nn2c(CC)ccc2c1-c1cncc(Br)c1. The zero-order valence-corrected chi connectivity index (χ0v) is 16.5. The number of hydrogen-bond donors (Lipinski definition) is 0. The van der Waals surface area contributed by atoms with Crippen LogP contribution in [0.2, 0.25) is 0 Å². The summed E-state index contributed by atoms with van der Waals surface area (Å²) < 4.78 is 13.3. The van der Waals surface area contributed by atoms with E-state index in [2.05, 4.69) is 32.9 Å². The highest BCUT2D eigenvalue weighted by Crippen LogP contribution is 2.33. The fourth-order valence-corrected chi connectivity index (χ4v) is 3.36. The monoisotopic (exact) mass is 417 g/mol. The molecule has 0 aromatic carbocycles. The van der Waals surface area contributed by atoms with Gasteiger partial charge in [0.25, 0.3) is 0 Å². The minimum atomic E-state index is -0.413. The van der Waals surface area contributed by atoms with Crippen molar-refractivity contribution in [2.45, 2.75) is 26.9 Å². The maximum atomic E-state index is 12.8. The summed E-state index contributed by atoms with van der Waals surface area (Å²) in [6.07, 6.45) is 4.26. The zero-order valence-electron chi connectivity index (χ0n) is 15.0. The Balaban J connectivity index is 2.41. The maximum absolute atomic E-state index is 12.8. The molecule has 7 heteroatoms. The molecule has 0 atom stereocenters. The number of fused-ring (bicyclic) bond motifs is 1. The van der Waals surface area contributed by atoms with E-state index in [1.165, 1.54) is 0 Å². The van der Waals surface area contributed by atoms with Gasteiger partial charge in [0, 0.05) is 40.8 Å². The van der Waals surface area contributed by atoms with Crippen molar-refractivity contribution in [3.63, 3.8) is 0 Å². The smallest absolute Gasteiger partial charge is 0.340 e. The van der Waals surface area contributed by atoms with E-state index in [0.29, 0.717) is 11.3 Å². The first-order valence-corrected chi connectivity index (χ1v) is 9.20. The van der Waals surface area contributed by atoms with Gasteiger partial charge >= 0.3 is 5.97 Å². The summed E-state index contributed by atoms with van der Waals surface area (Å²) in [5, 5.41) is 4.67. The van der Waals surface area contributed by atoms with E-state index in [1.807, 2.05) is 22.7 Å². The normalized spacial score (nSPS) is 11.1. The van der Waals surface area contributed by atoms with Crippen LogP contribution in [0.4, 0.5) is 0 Å². The van der Waals surface area contributed by atoms with Gasteiger partial charge in [-0.15, -0.1) is 0 Å². The molecule has 136 valence electrons. The van der Waals surface area contributed by atoms with Crippen molar-refractivity contribution >= 4 is 27.4 Å². The standard InChI is InChI=1S/C19H20BrN3O3/c1-4-14-6-7-16-17(12-8-13(20)10-21-9-12)18(19(24)26-5-2)15(11-25-3)22-23(14)16/h6-10H,4-5,11H2,1-3H3. The molecule has 0 aliphatic carbocycles. The molecule has 0 fully saturated rings. The van der Waals surface area contributed by atoms with Gasteiger partial charge in [-0.25, -0.2) is 9.31 Å². The van der Waals surface area contributed by atoms with Crippen LogP contribution in [0.3, 0.4) is 0 Å². The number of esters is 1. The highest BCUT2D eigenvalue weighted by Gasteiger charge is 2.25. The molecule has 0 N–H and O–H groups in total. The van der Waals surface area contributed by atoms with Crippen LogP contribution in [0.15, 0.2) is 35.1 Å². The fourth-order valence-electron chi connectivity index (χ4n) is 2.99. The third-order valence-corrected chi connectivity index (χ3v) is 4.50. The number of methoxy groups -OCH3 is 1. The molecule has 6 nitrogen and oxygen atoms in total. The summed E-state index contributed by atoms with van der Waals surface area (Å²) in [4.78, 5) is 17.0. The van der Waals surface area contributed by atoms with Crippen molar-refractivity contribution in [1.29, 1.82) is 0 Å². The van der Waals surface area contributed by atoms with E-state index in [0.717, 1.165) is 33.2 Å². The molecule has 0 amide bonds. The Bertz CT molecular complexity index is 953. The number of rotatable bonds is 6. The van der Waals surface area contributed by atoms with Crippen molar-refractivity contribution in [2.24, 2.45) is 0 Å². The van der Waals surface area contributed by atoms with Crippen LogP contribution >= 0.6 is 15.9 Å². The summed E-state index contributed by atoms with van der Waals surface area (Å²) >= 11 is 3.46. The molecule has 0 saturated heterocycles. The van der Waals surface area contributed by atoms with Gasteiger partial charge in [-0.1, -0.05) is 6.92 Å². The van der Waals surface area contributed by atoms with Crippen LogP contribution in [-0.2, 0) is 22.5 Å². The molecule has 0 aliphatic rings. The van der Waals surface area contributed by atoms with Crippen molar-refractivity contribution in [2.75, 3.05) is 13.7 Å². The minimum absolute atomic E-state index is 0.208. The second kappa shape index (κ2) is 7.97. The number of ether oxygens (including phenoxy) is 2. The first kappa shape index (κ1) is 18.5. The largest absolute Gasteiger partial charge is 0.462 e. The highest BCUT2D eigenvalue weighted by molar-refractivity contribution is 9.10. The number of aromatic nitrogens is 3. The van der Waals surface area contributed by atoms with Gasteiger partial charge in [0.15, 0.2) is 0 Å². The Hall–Kier alpha value is -2.25. The molecule has 0 radical (unpaired) electrons. The number of hydrogen-bond acceptors (Lipinski definition) is 5. The maximum Gasteiger partial charge on any atom is 0.340 e. The molecular weight excluding hydrogens is 398 g/mol. The molecule has 0 saturated carbocycles. The van der Waals surface area contributed by atoms with E-state index in [-0.39, 0.29) is 13.2 Å². The fraction of sp³-hybridized carbons (Fsp3) is 0.316. The summed E-state index contributed by atoms with van der Waals surface area (Å²) in [7, 11) is 1.58. The number of carbonyl (C=O) groups is 1. The Labute approximate surface area is 160 Å². The van der Waals surface area contributed by atoms with E-state index < -0.39 is 5.97 Å². The lowest BCUT2D eigenvalue weighted by Gasteiger charge is -2.16. The first-order valence-electron chi connectivity index (χ1n) is 8.41. The van der Waals surface area contributed by atoms with Crippen molar-refractivity contribution in [3.8, 4) is 11.1 Å². The van der Waals surface area contributed by atoms with Gasteiger partial charge in [0.05, 0.1) is 24.3 Å². The first-order chi connectivity index (χ1) is 12.6. The number of carbonyl (C=O) groups excluding carboxylic acids is 1. The number of pyridine rings is 1. The molecule has 0 unspecified atom stereocenters. The van der Waals surface area contributed by atoms with E-state index in [9.17, 15) is 4.79 Å². The van der Waals surface area contributed by atoms with Crippen molar-refractivity contribution < 1.29 is 14.3 Å². The van der Waals surface area contributed by atoms with Crippen molar-refractivity contribution in [3.05, 3.63) is 52.0 Å². The molecule has 3 rings (SSSR count). The van der Waals surface area contributed by atoms with Crippen LogP contribution in [-0.4, -0.2) is 34.3 Å². The minimum Gasteiger partial charge on any atom is -0.462 e. The van der Waals surface area contributed by atoms with E-state index in [1.54, 1.807) is 26.4 Å². The zero-order chi connectivity index (χ0) is 18.7. The van der Waals surface area contributed by atoms with Crippen LogP contribution in [0.5, 0.6) is 0 Å². The molecule has 0 bridgehead atoms. The van der Waals surface area contributed by atoms with Gasteiger partial charge in [0.1, 0.15) is 5.69 Å². The predicted octanol–water partition coefficient (Wildman–Crippen LogP) is 4.04. The van der Waals surface area contributed by atoms with Crippen LogP contribution in [0.25, 0.3) is 16.6 Å². The Morgan fingerprint density at radius 2 is 2.08 bits per heavy atom. The van der Waals surface area contributed by atoms with Gasteiger partial charge in [-0.05, 0) is 47.5 Å². The molecule has 3 heterocycles. The second-order valence-electron chi connectivity index (χ2n) is 5.72. The topological polar surface area (TPSA) is 65.7 Å². The molecule has 0 spiro atoms. The number of halogens is 1. The second-order valence-corrected chi connectivity index (χ2v) is 6.63. The lowest BCUT2D eigenvalue weighted by Crippen LogP contribution is -2.16. The average molecular weight is 418 g/mol. The third-order valence-electron chi connectivity index (χ3n) is 4.07. The third kappa shape index (κ3) is 3.37. The Morgan fingerprint density at radius 1 is 1.27 bits per heavy atom. The summed E-state index contributed by atoms with van der Waals surface area (Å²) in [6.45, 7) is 4.35. The van der Waals surface area contributed by atoms with Crippen LogP contribution in [0.1, 0.15) is 35.6 Å². The van der Waals surface area contributed by atoms with Gasteiger partial charge in [-0.2, -0.15) is 5.10 Å². The predicted molar refractivity (Wildman–Crippen MR) is 102 cm³/mol. The van der Waals surface area contributed by atoms with Gasteiger partial charge in [0.2, 0.25) is 0 Å². The van der Waals surface area contributed by atoms with E-state index >= 15 is 0 Å². The van der Waals surface area contributed by atoms with Crippen LogP contribution < -0.4 is 0 Å². The lowest BCUT2D eigenvalue weighted by molar-refractivity contribution is 0.0521. The highest BCUT2D eigenvalue weighted by atomic mass is 79.9. The summed E-state index contributed by atoms with van der Waals surface area (Å²) in [5.41, 5.74) is 4.41. The average Bonchev–Trinajstić information content (AvgIpc) is 3.03. The van der Waals surface area contributed by atoms with E-state index in [4.69, 9.17) is 9.47 Å². The van der Waals surface area contributed by atoms with Gasteiger partial charge in [-0.3, -0.25) is 4.98 Å². The number of nitrogens with zero attached hydrogens (tertiary/aromatic N) is 3. The molecule has 0 aliphatic heterocycles. The van der Waals surface area contributed by atoms with Crippen LogP contribution in [0, 0.1) is 0 Å². The van der Waals surface area contributed by atoms with Gasteiger partial charge < -0.3 is 9.47 Å². The molecular formula is C19H20BrN3O3. The Kier molecular flexibility index (Phi) is 5.68. The summed E-state index contributed by atoms with van der Waals surface area (Å²) in [6, 6.07) is 5.92.